The highest BCUT2D eigenvalue weighted by molar-refractivity contribution is 7.18. The molecule has 114 valence electrons. The SMILES string of the molecule is O=C(c1ccccc1)c1n[nH]c2c3sccc3c3ccccc3c12. The highest BCUT2D eigenvalue weighted by atomic mass is 32.1. The van der Waals surface area contributed by atoms with Crippen molar-refractivity contribution in [2.75, 3.05) is 0 Å². The number of carbonyl (C=O) groups excluding carboxylic acids is 1. The molecule has 1 N–H and O–H groups in total. The molecule has 0 fully saturated rings. The minimum Gasteiger partial charge on any atom is -0.287 e. The van der Waals surface area contributed by atoms with E-state index in [0.29, 0.717) is 11.3 Å². The number of fused-ring (bicyclic) bond motifs is 6. The van der Waals surface area contributed by atoms with Gasteiger partial charge in [0.1, 0.15) is 5.69 Å². The summed E-state index contributed by atoms with van der Waals surface area (Å²) in [6.45, 7) is 0. The number of H-pyrrole nitrogens is 1. The van der Waals surface area contributed by atoms with Crippen LogP contribution in [0.1, 0.15) is 16.1 Å². The second-order valence-electron chi connectivity index (χ2n) is 5.73. The molecule has 0 amide bonds. The smallest absolute Gasteiger partial charge is 0.213 e. The van der Waals surface area contributed by atoms with Crippen LogP contribution in [0.15, 0.2) is 66.0 Å². The van der Waals surface area contributed by atoms with E-state index in [9.17, 15) is 4.79 Å². The number of ketones is 1. The predicted molar refractivity (Wildman–Crippen MR) is 98.9 cm³/mol. The average Bonchev–Trinajstić information content (AvgIpc) is 3.29. The molecule has 0 saturated carbocycles. The number of thiophene rings is 1. The Morgan fingerprint density at radius 1 is 0.875 bits per heavy atom. The van der Waals surface area contributed by atoms with Gasteiger partial charge in [0.25, 0.3) is 0 Å². The van der Waals surface area contributed by atoms with Gasteiger partial charge in [0, 0.05) is 16.3 Å². The first-order valence-corrected chi connectivity index (χ1v) is 8.58. The molecule has 0 radical (unpaired) electrons. The minimum atomic E-state index is -0.0529. The lowest BCUT2D eigenvalue weighted by molar-refractivity contribution is 0.103. The first kappa shape index (κ1) is 13.5. The normalized spacial score (nSPS) is 11.5. The van der Waals surface area contributed by atoms with Crippen molar-refractivity contribution in [2.24, 2.45) is 0 Å². The molecule has 3 aromatic carbocycles. The Morgan fingerprint density at radius 3 is 2.46 bits per heavy atom. The maximum absolute atomic E-state index is 13.0. The average molecular weight is 328 g/mol. The van der Waals surface area contributed by atoms with Gasteiger partial charge in [-0.05, 0) is 22.2 Å². The summed E-state index contributed by atoms with van der Waals surface area (Å²) in [6.07, 6.45) is 0. The largest absolute Gasteiger partial charge is 0.287 e. The fourth-order valence-electron chi connectivity index (χ4n) is 3.31. The van der Waals surface area contributed by atoms with E-state index in [1.165, 1.54) is 5.39 Å². The summed E-state index contributed by atoms with van der Waals surface area (Å²) in [7, 11) is 0. The van der Waals surface area contributed by atoms with Crippen molar-refractivity contribution >= 4 is 48.9 Å². The molecule has 0 bridgehead atoms. The van der Waals surface area contributed by atoms with Crippen molar-refractivity contribution in [3.05, 3.63) is 77.3 Å². The molecule has 0 aliphatic heterocycles. The highest BCUT2D eigenvalue weighted by Crippen LogP contribution is 2.38. The highest BCUT2D eigenvalue weighted by Gasteiger charge is 2.20. The first-order chi connectivity index (χ1) is 11.8. The molecule has 0 aliphatic carbocycles. The summed E-state index contributed by atoms with van der Waals surface area (Å²) in [4.78, 5) is 13.0. The number of carbonyl (C=O) groups is 1. The van der Waals surface area contributed by atoms with Crippen molar-refractivity contribution in [2.45, 2.75) is 0 Å². The molecule has 5 aromatic rings. The molecule has 2 aromatic heterocycles. The van der Waals surface area contributed by atoms with E-state index in [1.54, 1.807) is 11.3 Å². The van der Waals surface area contributed by atoms with Crippen LogP contribution in [-0.2, 0) is 0 Å². The van der Waals surface area contributed by atoms with E-state index in [1.807, 2.05) is 42.5 Å². The Bertz CT molecular complexity index is 1220. The third kappa shape index (κ3) is 1.77. The van der Waals surface area contributed by atoms with E-state index in [-0.39, 0.29) is 5.78 Å². The topological polar surface area (TPSA) is 45.8 Å². The third-order valence-corrected chi connectivity index (χ3v) is 5.33. The summed E-state index contributed by atoms with van der Waals surface area (Å²) in [6, 6.07) is 19.6. The summed E-state index contributed by atoms with van der Waals surface area (Å²) in [5.74, 6) is -0.0529. The molecule has 0 unspecified atom stereocenters. The Hall–Kier alpha value is -2.98. The maximum Gasteiger partial charge on any atom is 0.213 e. The zero-order valence-corrected chi connectivity index (χ0v) is 13.4. The number of nitrogens with one attached hydrogen (secondary N) is 1. The first-order valence-electron chi connectivity index (χ1n) is 7.70. The van der Waals surface area contributed by atoms with Gasteiger partial charge < -0.3 is 0 Å². The Morgan fingerprint density at radius 2 is 1.62 bits per heavy atom. The van der Waals surface area contributed by atoms with Gasteiger partial charge in [-0.1, -0.05) is 54.6 Å². The summed E-state index contributed by atoms with van der Waals surface area (Å²) in [5.41, 5.74) is 2.09. The van der Waals surface area contributed by atoms with Crippen molar-refractivity contribution in [1.82, 2.24) is 10.2 Å². The maximum atomic E-state index is 13.0. The number of aromatic nitrogens is 2. The molecular formula is C20H12N2OS. The van der Waals surface area contributed by atoms with E-state index in [2.05, 4.69) is 33.8 Å². The molecule has 5 rings (SSSR count). The van der Waals surface area contributed by atoms with Crippen molar-refractivity contribution < 1.29 is 4.79 Å². The lowest BCUT2D eigenvalue weighted by Gasteiger charge is -2.04. The fraction of sp³-hybridized carbons (Fsp3) is 0. The number of hydrogen-bond acceptors (Lipinski definition) is 3. The molecule has 3 nitrogen and oxygen atoms in total. The molecule has 0 aliphatic rings. The van der Waals surface area contributed by atoms with Gasteiger partial charge in [-0.25, -0.2) is 0 Å². The number of rotatable bonds is 2. The molecular weight excluding hydrogens is 316 g/mol. The second-order valence-corrected chi connectivity index (χ2v) is 6.64. The number of nitrogens with zero attached hydrogens (tertiary/aromatic N) is 1. The second kappa shape index (κ2) is 5.01. The number of aromatic amines is 1. The Labute approximate surface area is 141 Å². The van der Waals surface area contributed by atoms with Crippen molar-refractivity contribution in [1.29, 1.82) is 0 Å². The lowest BCUT2D eigenvalue weighted by atomic mass is 9.98. The van der Waals surface area contributed by atoms with Crippen molar-refractivity contribution in [3.8, 4) is 0 Å². The quantitative estimate of drug-likeness (QED) is 0.455. The zero-order chi connectivity index (χ0) is 16.1. The Balaban J connectivity index is 1.92. The summed E-state index contributed by atoms with van der Waals surface area (Å²) in [5, 5.41) is 13.9. The van der Waals surface area contributed by atoms with E-state index in [4.69, 9.17) is 0 Å². The van der Waals surface area contributed by atoms with Crippen LogP contribution in [0.25, 0.3) is 31.8 Å². The van der Waals surface area contributed by atoms with Gasteiger partial charge in [0.2, 0.25) is 5.78 Å². The number of benzene rings is 3. The van der Waals surface area contributed by atoms with Gasteiger partial charge in [-0.3, -0.25) is 9.89 Å². The monoisotopic (exact) mass is 328 g/mol. The van der Waals surface area contributed by atoms with E-state index >= 15 is 0 Å². The van der Waals surface area contributed by atoms with E-state index < -0.39 is 0 Å². The molecule has 0 spiro atoms. The molecule has 0 saturated heterocycles. The fourth-order valence-corrected chi connectivity index (χ4v) is 4.22. The zero-order valence-electron chi connectivity index (χ0n) is 12.6. The number of hydrogen-bond donors (Lipinski definition) is 1. The molecule has 2 heterocycles. The Kier molecular flexibility index (Phi) is 2.81. The molecule has 4 heteroatoms. The minimum absolute atomic E-state index is 0.0529. The predicted octanol–water partition coefficient (Wildman–Crippen LogP) is 5.16. The van der Waals surface area contributed by atoms with Gasteiger partial charge in [-0.15, -0.1) is 11.3 Å². The van der Waals surface area contributed by atoms with Gasteiger partial charge >= 0.3 is 0 Å². The van der Waals surface area contributed by atoms with Crippen LogP contribution in [0, 0.1) is 0 Å². The lowest BCUT2D eigenvalue weighted by Crippen LogP contribution is -2.02. The standard InChI is InChI=1S/C20H12N2OS/c23-19(12-6-2-1-3-7-12)17-16-14-9-5-4-8-13(14)15-10-11-24-20(15)18(16)22-21-17/h1-11H,(H,21,22). The van der Waals surface area contributed by atoms with Crippen LogP contribution >= 0.6 is 11.3 Å². The van der Waals surface area contributed by atoms with E-state index in [0.717, 1.165) is 26.4 Å². The van der Waals surface area contributed by atoms with Gasteiger partial charge in [-0.2, -0.15) is 5.10 Å². The molecule has 0 atom stereocenters. The summed E-state index contributed by atoms with van der Waals surface area (Å²) >= 11 is 1.67. The van der Waals surface area contributed by atoms with Crippen LogP contribution in [0.2, 0.25) is 0 Å². The van der Waals surface area contributed by atoms with Crippen LogP contribution in [0.3, 0.4) is 0 Å². The van der Waals surface area contributed by atoms with Crippen molar-refractivity contribution in [3.63, 3.8) is 0 Å². The third-order valence-electron chi connectivity index (χ3n) is 4.40. The van der Waals surface area contributed by atoms with Crippen LogP contribution < -0.4 is 0 Å². The summed E-state index contributed by atoms with van der Waals surface area (Å²) < 4.78 is 1.14. The van der Waals surface area contributed by atoms with Gasteiger partial charge in [0.05, 0.1) is 10.2 Å². The van der Waals surface area contributed by atoms with Gasteiger partial charge in [0.15, 0.2) is 0 Å². The molecule has 24 heavy (non-hydrogen) atoms. The van der Waals surface area contributed by atoms with Crippen LogP contribution in [0.5, 0.6) is 0 Å². The van der Waals surface area contributed by atoms with Crippen LogP contribution in [-0.4, -0.2) is 16.0 Å². The van der Waals surface area contributed by atoms with Crippen LogP contribution in [0.4, 0.5) is 0 Å².